The minimum Gasteiger partial charge on any atom is -0.481 e. The third-order valence-corrected chi connectivity index (χ3v) is 1.52. The van der Waals surface area contributed by atoms with Gasteiger partial charge in [-0.3, -0.25) is 9.59 Å². The normalized spacial score (nSPS) is 8.73. The average Bonchev–Trinajstić information content (AvgIpc) is 2.13. The van der Waals surface area contributed by atoms with Gasteiger partial charge in [-0.1, -0.05) is 26.7 Å². The van der Waals surface area contributed by atoms with E-state index < -0.39 is 5.97 Å². The number of ether oxygens (including phenoxy) is 1. The van der Waals surface area contributed by atoms with E-state index in [2.05, 4.69) is 6.92 Å². The van der Waals surface area contributed by atoms with Crippen molar-refractivity contribution in [3.63, 3.8) is 0 Å². The molecule has 0 saturated carbocycles. The predicted octanol–water partition coefficient (Wildman–Crippen LogP) is 2.61. The van der Waals surface area contributed by atoms with Gasteiger partial charge in [0.25, 0.3) is 0 Å². The van der Waals surface area contributed by atoms with Gasteiger partial charge in [0.15, 0.2) is 0 Å². The van der Waals surface area contributed by atoms with Crippen LogP contribution in [0.1, 0.15) is 52.9 Å². The maximum atomic E-state index is 10.2. The molecule has 0 aromatic carbocycles. The number of carboxylic acid groups (broad SMARTS) is 1. The van der Waals surface area contributed by atoms with Crippen molar-refractivity contribution in [2.24, 2.45) is 0 Å². The van der Waals surface area contributed by atoms with E-state index in [9.17, 15) is 9.59 Å². The molecule has 0 aromatic rings. The number of carboxylic acids is 1. The van der Waals surface area contributed by atoms with E-state index in [1.807, 2.05) is 6.92 Å². The summed E-state index contributed by atoms with van der Waals surface area (Å²) in [5.74, 6) is -0.886. The summed E-state index contributed by atoms with van der Waals surface area (Å²) in [4.78, 5) is 19.8. The molecule has 0 aliphatic heterocycles. The van der Waals surface area contributed by atoms with E-state index >= 15 is 0 Å². The zero-order valence-electron chi connectivity index (χ0n) is 9.91. The summed E-state index contributed by atoms with van der Waals surface area (Å²) in [6, 6.07) is 0. The first-order valence-electron chi connectivity index (χ1n) is 5.39. The molecule has 4 nitrogen and oxygen atoms in total. The van der Waals surface area contributed by atoms with Crippen LogP contribution in [0.2, 0.25) is 0 Å². The zero-order chi connectivity index (χ0) is 12.1. The predicted molar refractivity (Wildman–Crippen MR) is 58.7 cm³/mol. The number of carbonyl (C=O) groups is 2. The molecule has 15 heavy (non-hydrogen) atoms. The Morgan fingerprint density at radius 3 is 2.00 bits per heavy atom. The summed E-state index contributed by atoms with van der Waals surface area (Å²) >= 11 is 0. The first kappa shape index (κ1) is 16.4. The van der Waals surface area contributed by atoms with Crippen molar-refractivity contribution in [2.75, 3.05) is 6.61 Å². The van der Waals surface area contributed by atoms with Crippen LogP contribution in [0.25, 0.3) is 0 Å². The lowest BCUT2D eigenvalue weighted by Gasteiger charge is -1.98. The van der Waals surface area contributed by atoms with Gasteiger partial charge in [0.2, 0.25) is 0 Å². The summed E-state index contributed by atoms with van der Waals surface area (Å²) in [6.45, 7) is 5.98. The maximum Gasteiger partial charge on any atom is 0.303 e. The van der Waals surface area contributed by atoms with Crippen LogP contribution in [0.5, 0.6) is 0 Å². The Labute approximate surface area is 91.6 Å². The molecule has 0 amide bonds. The van der Waals surface area contributed by atoms with Crippen LogP contribution in [-0.4, -0.2) is 23.7 Å². The lowest BCUT2D eigenvalue weighted by Crippen LogP contribution is -1.99. The molecule has 0 rings (SSSR count). The lowest BCUT2D eigenvalue weighted by atomic mass is 10.3. The molecule has 1 N–H and O–H groups in total. The first-order chi connectivity index (χ1) is 7.04. The molecule has 0 heterocycles. The Morgan fingerprint density at radius 2 is 1.73 bits per heavy atom. The van der Waals surface area contributed by atoms with Crippen molar-refractivity contribution in [1.82, 2.24) is 0 Å². The van der Waals surface area contributed by atoms with E-state index in [1.54, 1.807) is 0 Å². The van der Waals surface area contributed by atoms with Gasteiger partial charge in [0.1, 0.15) is 0 Å². The summed E-state index contributed by atoms with van der Waals surface area (Å²) < 4.78 is 4.70. The van der Waals surface area contributed by atoms with Crippen LogP contribution in [0.3, 0.4) is 0 Å². The smallest absolute Gasteiger partial charge is 0.303 e. The van der Waals surface area contributed by atoms with E-state index in [0.29, 0.717) is 13.0 Å². The van der Waals surface area contributed by atoms with Gasteiger partial charge in [-0.25, -0.2) is 0 Å². The molecule has 0 unspecified atom stereocenters. The second-order valence-electron chi connectivity index (χ2n) is 3.19. The molecular weight excluding hydrogens is 196 g/mol. The van der Waals surface area contributed by atoms with E-state index in [0.717, 1.165) is 19.3 Å². The van der Waals surface area contributed by atoms with Crippen LogP contribution >= 0.6 is 0 Å². The highest BCUT2D eigenvalue weighted by Gasteiger charge is 1.89. The summed E-state index contributed by atoms with van der Waals surface area (Å²) in [5.41, 5.74) is 0. The number of carbonyl (C=O) groups excluding carboxylic acids is 1. The van der Waals surface area contributed by atoms with E-state index in [-0.39, 0.29) is 5.97 Å². The molecule has 0 aliphatic rings. The van der Waals surface area contributed by atoms with Gasteiger partial charge in [0.05, 0.1) is 6.61 Å². The summed E-state index contributed by atoms with van der Waals surface area (Å²) in [5, 5.41) is 7.91. The van der Waals surface area contributed by atoms with Gasteiger partial charge in [-0.15, -0.1) is 0 Å². The molecular formula is C11H22O4. The van der Waals surface area contributed by atoms with Gasteiger partial charge in [-0.05, 0) is 12.8 Å². The van der Waals surface area contributed by atoms with Gasteiger partial charge in [0, 0.05) is 13.3 Å². The SMILES string of the molecule is CCCC(=O)O.CCCCCOC(C)=O. The number of esters is 1. The molecule has 0 aromatic heterocycles. The van der Waals surface area contributed by atoms with Gasteiger partial charge < -0.3 is 9.84 Å². The van der Waals surface area contributed by atoms with Crippen molar-refractivity contribution < 1.29 is 19.4 Å². The average molecular weight is 218 g/mol. The fraction of sp³-hybridized carbons (Fsp3) is 0.818. The minimum absolute atomic E-state index is 0.175. The molecule has 0 aliphatic carbocycles. The first-order valence-corrected chi connectivity index (χ1v) is 5.39. The van der Waals surface area contributed by atoms with E-state index in [4.69, 9.17) is 9.84 Å². The molecule has 0 bridgehead atoms. The largest absolute Gasteiger partial charge is 0.481 e. The van der Waals surface area contributed by atoms with Crippen LogP contribution in [0.4, 0.5) is 0 Å². The van der Waals surface area contributed by atoms with Gasteiger partial charge >= 0.3 is 11.9 Å². The Bertz CT molecular complexity index is 166. The second-order valence-corrected chi connectivity index (χ2v) is 3.19. The van der Waals surface area contributed by atoms with Crippen molar-refractivity contribution in [1.29, 1.82) is 0 Å². The maximum absolute atomic E-state index is 10.2. The highest BCUT2D eigenvalue weighted by Crippen LogP contribution is 1.93. The quantitative estimate of drug-likeness (QED) is 0.550. The van der Waals surface area contributed by atoms with Crippen molar-refractivity contribution in [3.8, 4) is 0 Å². The fourth-order valence-electron chi connectivity index (χ4n) is 0.782. The van der Waals surface area contributed by atoms with Crippen molar-refractivity contribution in [2.45, 2.75) is 52.9 Å². The van der Waals surface area contributed by atoms with Crippen molar-refractivity contribution >= 4 is 11.9 Å². The van der Waals surface area contributed by atoms with Crippen LogP contribution < -0.4 is 0 Å². The highest BCUT2D eigenvalue weighted by atomic mass is 16.5. The number of hydrogen-bond acceptors (Lipinski definition) is 3. The van der Waals surface area contributed by atoms with Crippen LogP contribution in [0.15, 0.2) is 0 Å². The third-order valence-electron chi connectivity index (χ3n) is 1.52. The Morgan fingerprint density at radius 1 is 1.13 bits per heavy atom. The zero-order valence-corrected chi connectivity index (χ0v) is 9.91. The standard InChI is InChI=1S/C7H14O2.C4H8O2/c1-3-4-5-6-9-7(2)8;1-2-3-4(5)6/h3-6H2,1-2H3;2-3H2,1H3,(H,5,6). The summed E-state index contributed by atoms with van der Waals surface area (Å²) in [7, 11) is 0. The number of aliphatic carboxylic acids is 1. The lowest BCUT2D eigenvalue weighted by molar-refractivity contribution is -0.141. The van der Waals surface area contributed by atoms with Crippen molar-refractivity contribution in [3.05, 3.63) is 0 Å². The molecule has 0 fully saturated rings. The molecule has 0 saturated heterocycles. The molecule has 0 radical (unpaired) electrons. The molecule has 0 atom stereocenters. The van der Waals surface area contributed by atoms with Crippen LogP contribution in [0, 0.1) is 0 Å². The molecule has 0 spiro atoms. The van der Waals surface area contributed by atoms with E-state index in [1.165, 1.54) is 13.3 Å². The third kappa shape index (κ3) is 24.6. The Hall–Kier alpha value is -1.06. The minimum atomic E-state index is -0.711. The van der Waals surface area contributed by atoms with Gasteiger partial charge in [-0.2, -0.15) is 0 Å². The highest BCUT2D eigenvalue weighted by molar-refractivity contribution is 5.66. The number of hydrogen-bond donors (Lipinski definition) is 1. The topological polar surface area (TPSA) is 63.6 Å². The Balaban J connectivity index is 0. The molecule has 90 valence electrons. The van der Waals surface area contributed by atoms with Crippen LogP contribution in [-0.2, 0) is 14.3 Å². The number of unbranched alkanes of at least 4 members (excludes halogenated alkanes) is 2. The molecule has 4 heteroatoms. The fourth-order valence-corrected chi connectivity index (χ4v) is 0.782. The second kappa shape index (κ2) is 12.9. The Kier molecular flexibility index (Phi) is 14.1. The summed E-state index contributed by atoms with van der Waals surface area (Å²) in [6.07, 6.45) is 4.33. The monoisotopic (exact) mass is 218 g/mol. The number of rotatable bonds is 6.